The monoisotopic (exact) mass is 533 g/mol. The fourth-order valence-corrected chi connectivity index (χ4v) is 4.84. The maximum Gasteiger partial charge on any atom is 0.164 e. The van der Waals surface area contributed by atoms with E-state index in [9.17, 15) is 0 Å². The molecule has 3 aromatic heterocycles. The number of nitrogens with zero attached hydrogens (tertiary/aromatic N) is 5. The molecule has 0 saturated heterocycles. The maximum atomic E-state index is 6.06. The Balaban J connectivity index is 1.79. The Morgan fingerprint density at radius 3 is 2.05 bits per heavy atom. The van der Waals surface area contributed by atoms with E-state index in [4.69, 9.17) is 29.4 Å². The summed E-state index contributed by atoms with van der Waals surface area (Å²) in [5, 5.41) is 1.90. The van der Waals surface area contributed by atoms with Crippen LogP contribution in [0.4, 0.5) is 0 Å². The fourth-order valence-electron chi connectivity index (χ4n) is 4.84. The average molecular weight is 534 g/mol. The van der Waals surface area contributed by atoms with Gasteiger partial charge >= 0.3 is 0 Å². The molecule has 0 bridgehead atoms. The summed E-state index contributed by atoms with van der Waals surface area (Å²) < 4.78 is 11.7. The van der Waals surface area contributed by atoms with E-state index in [-0.39, 0.29) is 10.8 Å². The van der Waals surface area contributed by atoms with Crippen LogP contribution in [0.2, 0.25) is 0 Å². The molecule has 0 unspecified atom stereocenters. The summed E-state index contributed by atoms with van der Waals surface area (Å²) in [6.45, 7) is 12.9. The molecule has 7 heteroatoms. The van der Waals surface area contributed by atoms with Crippen molar-refractivity contribution in [1.29, 1.82) is 0 Å². The fraction of sp³-hybridized carbons (Fsp3) is 0.303. The van der Waals surface area contributed by atoms with Gasteiger partial charge in [0.25, 0.3) is 0 Å². The summed E-state index contributed by atoms with van der Waals surface area (Å²) in [4.78, 5) is 24.2. The van der Waals surface area contributed by atoms with Crippen LogP contribution in [0, 0.1) is 0 Å². The second-order valence-corrected chi connectivity index (χ2v) is 11.8. The number of aromatic nitrogens is 5. The van der Waals surface area contributed by atoms with Crippen molar-refractivity contribution >= 4 is 34.0 Å². The van der Waals surface area contributed by atoms with Gasteiger partial charge in [0.05, 0.1) is 31.2 Å². The Bertz CT molecular complexity index is 1730. The molecule has 7 nitrogen and oxygen atoms in total. The van der Waals surface area contributed by atoms with Gasteiger partial charge in [-0.15, -0.1) is 0 Å². The number of ether oxygens (including phenoxy) is 2. The molecule has 5 rings (SSSR count). The predicted molar refractivity (Wildman–Crippen MR) is 162 cm³/mol. The molecule has 3 heterocycles. The first-order valence-corrected chi connectivity index (χ1v) is 13.3. The highest BCUT2D eigenvalue weighted by molar-refractivity contribution is 5.95. The molecular formula is C33H35N5O2. The molecule has 2 aromatic carbocycles. The van der Waals surface area contributed by atoms with Gasteiger partial charge in [-0.25, -0.2) is 19.9 Å². The first-order valence-electron chi connectivity index (χ1n) is 13.3. The van der Waals surface area contributed by atoms with Crippen LogP contribution in [-0.2, 0) is 10.8 Å². The van der Waals surface area contributed by atoms with Crippen molar-refractivity contribution in [3.8, 4) is 22.9 Å². The second-order valence-electron chi connectivity index (χ2n) is 11.8. The smallest absolute Gasteiger partial charge is 0.164 e. The van der Waals surface area contributed by atoms with Crippen LogP contribution in [0.5, 0.6) is 11.5 Å². The number of rotatable bonds is 5. The highest BCUT2D eigenvalue weighted by Gasteiger charge is 2.26. The number of para-hydroxylation sites is 1. The lowest BCUT2D eigenvalue weighted by atomic mass is 9.88. The number of pyridine rings is 1. The zero-order valence-electron chi connectivity index (χ0n) is 24.4. The molecule has 40 heavy (non-hydrogen) atoms. The van der Waals surface area contributed by atoms with Crippen LogP contribution in [0.15, 0.2) is 54.9 Å². The minimum Gasteiger partial charge on any atom is -0.494 e. The van der Waals surface area contributed by atoms with Crippen molar-refractivity contribution in [1.82, 2.24) is 24.9 Å². The quantitative estimate of drug-likeness (QED) is 0.232. The van der Waals surface area contributed by atoms with E-state index in [2.05, 4.69) is 52.6 Å². The molecule has 204 valence electrons. The lowest BCUT2D eigenvalue weighted by Crippen LogP contribution is -2.16. The van der Waals surface area contributed by atoms with Crippen molar-refractivity contribution < 1.29 is 9.47 Å². The minimum absolute atomic E-state index is 0.224. The zero-order valence-corrected chi connectivity index (χ0v) is 24.4. The molecular weight excluding hydrogens is 498 g/mol. The Morgan fingerprint density at radius 2 is 1.40 bits per heavy atom. The second kappa shape index (κ2) is 10.3. The van der Waals surface area contributed by atoms with Gasteiger partial charge in [0.1, 0.15) is 16.8 Å². The Hall–Kier alpha value is -4.39. The number of hydrogen-bond acceptors (Lipinski definition) is 7. The van der Waals surface area contributed by atoms with Crippen LogP contribution < -0.4 is 9.47 Å². The third-order valence-electron chi connectivity index (χ3n) is 6.72. The summed E-state index contributed by atoms with van der Waals surface area (Å²) in [7, 11) is 3.32. The van der Waals surface area contributed by atoms with Crippen molar-refractivity contribution in [3.05, 3.63) is 77.6 Å². The molecule has 0 atom stereocenters. The highest BCUT2D eigenvalue weighted by Crippen LogP contribution is 2.40. The summed E-state index contributed by atoms with van der Waals surface area (Å²) in [6, 6.07) is 13.9. The zero-order chi connectivity index (χ0) is 28.7. The summed E-state index contributed by atoms with van der Waals surface area (Å²) >= 11 is 0. The van der Waals surface area contributed by atoms with Gasteiger partial charge in [0.2, 0.25) is 0 Å². The normalized spacial score (nSPS) is 12.4. The molecule has 0 aliphatic carbocycles. The van der Waals surface area contributed by atoms with Gasteiger partial charge in [-0.05, 0) is 42.0 Å². The first kappa shape index (κ1) is 27.2. The standard InChI is InChI=1S/C33H35N5O2/c1-32(2,3)29-22-15-16-23(28(40-8)27(22)35-25(36-29)17-14-20-11-10-18-34-19-20)31-37-26-21(12-9-13-24(26)39-7)30(38-31)33(4,5)6/h9-19H,1-8H3/b17-14+. The molecule has 0 aliphatic heterocycles. The van der Waals surface area contributed by atoms with Crippen molar-refractivity contribution in [3.63, 3.8) is 0 Å². The van der Waals surface area contributed by atoms with E-state index < -0.39 is 0 Å². The van der Waals surface area contributed by atoms with Gasteiger partial charge in [-0.3, -0.25) is 4.98 Å². The third-order valence-corrected chi connectivity index (χ3v) is 6.72. The van der Waals surface area contributed by atoms with Crippen LogP contribution in [0.3, 0.4) is 0 Å². The Labute approximate surface area is 235 Å². The topological polar surface area (TPSA) is 82.9 Å². The predicted octanol–water partition coefficient (Wildman–Crippen LogP) is 7.42. The van der Waals surface area contributed by atoms with Gasteiger partial charge in [0.15, 0.2) is 17.4 Å². The molecule has 0 N–H and O–H groups in total. The number of benzene rings is 2. The SMILES string of the molecule is COc1cccc2c(C(C)(C)C)nc(-c3ccc4c(C(C)(C)C)nc(/C=C/c5cccnc5)nc4c3OC)nc12. The van der Waals surface area contributed by atoms with Crippen LogP contribution in [0.1, 0.15) is 64.3 Å². The molecule has 5 aromatic rings. The summed E-state index contributed by atoms with van der Waals surface area (Å²) in [5.41, 5.74) is 4.63. The molecule has 0 saturated carbocycles. The van der Waals surface area contributed by atoms with Gasteiger partial charge < -0.3 is 9.47 Å². The number of methoxy groups -OCH3 is 2. The van der Waals surface area contributed by atoms with E-state index in [1.165, 1.54) is 0 Å². The third kappa shape index (κ3) is 5.11. The van der Waals surface area contributed by atoms with Crippen molar-refractivity contribution in [2.45, 2.75) is 52.4 Å². The molecule has 0 amide bonds. The van der Waals surface area contributed by atoms with Gasteiger partial charge in [-0.2, -0.15) is 0 Å². The van der Waals surface area contributed by atoms with Crippen LogP contribution >= 0.6 is 0 Å². The van der Waals surface area contributed by atoms with E-state index in [0.29, 0.717) is 28.7 Å². The van der Waals surface area contributed by atoms with Gasteiger partial charge in [-0.1, -0.05) is 59.7 Å². The summed E-state index contributed by atoms with van der Waals surface area (Å²) in [5.74, 6) is 2.46. The van der Waals surface area contributed by atoms with E-state index >= 15 is 0 Å². The molecule has 0 aliphatic rings. The first-order chi connectivity index (χ1) is 19.0. The maximum absolute atomic E-state index is 6.06. The molecule has 0 fully saturated rings. The van der Waals surface area contributed by atoms with Crippen molar-refractivity contribution in [2.24, 2.45) is 0 Å². The number of hydrogen-bond donors (Lipinski definition) is 0. The summed E-state index contributed by atoms with van der Waals surface area (Å²) in [6.07, 6.45) is 7.43. The largest absolute Gasteiger partial charge is 0.494 e. The lowest BCUT2D eigenvalue weighted by molar-refractivity contribution is 0.418. The van der Waals surface area contributed by atoms with E-state index in [1.54, 1.807) is 26.6 Å². The van der Waals surface area contributed by atoms with Crippen LogP contribution in [0.25, 0.3) is 45.3 Å². The van der Waals surface area contributed by atoms with Crippen LogP contribution in [-0.4, -0.2) is 39.1 Å². The van der Waals surface area contributed by atoms with Crippen molar-refractivity contribution in [2.75, 3.05) is 14.2 Å². The van der Waals surface area contributed by atoms with Gasteiger partial charge in [0, 0.05) is 34.0 Å². The average Bonchev–Trinajstić information content (AvgIpc) is 2.93. The number of fused-ring (bicyclic) bond motifs is 2. The molecule has 0 spiro atoms. The van der Waals surface area contributed by atoms with E-state index in [0.717, 1.165) is 38.8 Å². The van der Waals surface area contributed by atoms with E-state index in [1.807, 2.05) is 48.6 Å². The lowest BCUT2D eigenvalue weighted by Gasteiger charge is -2.23. The highest BCUT2D eigenvalue weighted by atomic mass is 16.5. The molecule has 0 radical (unpaired) electrons. The Kier molecular flexibility index (Phi) is 7.00. The minimum atomic E-state index is -0.225. The Morgan fingerprint density at radius 1 is 0.675 bits per heavy atom.